The second kappa shape index (κ2) is 4.33. The van der Waals surface area contributed by atoms with E-state index < -0.39 is 0 Å². The zero-order valence-corrected chi connectivity index (χ0v) is 8.92. The van der Waals surface area contributed by atoms with Crippen LogP contribution in [0.4, 0.5) is 0 Å². The molecule has 0 fully saturated rings. The molecule has 0 spiro atoms. The first-order valence-electron chi connectivity index (χ1n) is 4.68. The molecule has 0 atom stereocenters. The van der Waals surface area contributed by atoms with Crippen LogP contribution in [0.3, 0.4) is 0 Å². The number of hydrogen-bond acceptors (Lipinski definition) is 3. The van der Waals surface area contributed by atoms with Gasteiger partial charge in [0.1, 0.15) is 11.5 Å². The minimum Gasteiger partial charge on any atom is -0.507 e. The lowest BCUT2D eigenvalue weighted by molar-refractivity contribution is 0.397. The second-order valence-corrected chi connectivity index (χ2v) is 3.40. The number of nitrogens with two attached hydrogens (primary N) is 1. The Kier molecular flexibility index (Phi) is 3.36. The lowest BCUT2D eigenvalue weighted by atomic mass is 10.0. The third kappa shape index (κ3) is 1.82. The largest absolute Gasteiger partial charge is 0.507 e. The van der Waals surface area contributed by atoms with E-state index >= 15 is 0 Å². The van der Waals surface area contributed by atoms with Crippen molar-refractivity contribution in [3.8, 4) is 11.5 Å². The van der Waals surface area contributed by atoms with Gasteiger partial charge in [-0.2, -0.15) is 0 Å². The Bertz CT molecular complexity index is 335. The zero-order valence-electron chi connectivity index (χ0n) is 8.92. The summed E-state index contributed by atoms with van der Waals surface area (Å²) in [6.45, 7) is 4.31. The van der Waals surface area contributed by atoms with Crippen LogP contribution in [-0.2, 0) is 6.42 Å². The molecule has 3 nitrogen and oxygen atoms in total. The lowest BCUT2D eigenvalue weighted by Gasteiger charge is -2.14. The molecule has 0 bridgehead atoms. The van der Waals surface area contributed by atoms with Gasteiger partial charge < -0.3 is 15.6 Å². The third-order valence-electron chi connectivity index (χ3n) is 2.37. The van der Waals surface area contributed by atoms with Crippen LogP contribution in [0.25, 0.3) is 0 Å². The summed E-state index contributed by atoms with van der Waals surface area (Å²) in [4.78, 5) is 0. The molecule has 0 amide bonds. The number of benzene rings is 1. The summed E-state index contributed by atoms with van der Waals surface area (Å²) in [6, 6.07) is 1.92. The van der Waals surface area contributed by atoms with Crippen molar-refractivity contribution in [2.75, 3.05) is 13.7 Å². The van der Waals surface area contributed by atoms with E-state index in [9.17, 15) is 5.11 Å². The Morgan fingerprint density at radius 1 is 1.43 bits per heavy atom. The molecule has 14 heavy (non-hydrogen) atoms. The van der Waals surface area contributed by atoms with E-state index in [1.807, 2.05) is 19.9 Å². The van der Waals surface area contributed by atoms with Gasteiger partial charge in [0, 0.05) is 5.56 Å². The highest BCUT2D eigenvalue weighted by atomic mass is 16.5. The highest BCUT2D eigenvalue weighted by Crippen LogP contribution is 2.33. The highest BCUT2D eigenvalue weighted by molar-refractivity contribution is 5.52. The summed E-state index contributed by atoms with van der Waals surface area (Å²) in [5.74, 6) is 1.06. The standard InChI is InChI=1S/C11H17NO2/c1-7-6-9(4-5-12)11(14-3)8(2)10(7)13/h6,13H,4-5,12H2,1-3H3. The number of phenolic OH excluding ortho intramolecular Hbond substituents is 1. The fourth-order valence-corrected chi connectivity index (χ4v) is 1.66. The summed E-state index contributed by atoms with van der Waals surface area (Å²) < 4.78 is 5.25. The summed E-state index contributed by atoms with van der Waals surface area (Å²) >= 11 is 0. The van der Waals surface area contributed by atoms with E-state index in [1.165, 1.54) is 0 Å². The van der Waals surface area contributed by atoms with Crippen molar-refractivity contribution in [3.63, 3.8) is 0 Å². The van der Waals surface area contributed by atoms with Crippen molar-refractivity contribution in [1.29, 1.82) is 0 Å². The topological polar surface area (TPSA) is 55.5 Å². The van der Waals surface area contributed by atoms with Crippen molar-refractivity contribution in [1.82, 2.24) is 0 Å². The maximum Gasteiger partial charge on any atom is 0.128 e. The molecule has 1 rings (SSSR count). The SMILES string of the molecule is COc1c(CCN)cc(C)c(O)c1C. The van der Waals surface area contributed by atoms with E-state index in [-0.39, 0.29) is 0 Å². The molecule has 0 saturated carbocycles. The van der Waals surface area contributed by atoms with Crippen molar-refractivity contribution in [3.05, 3.63) is 22.8 Å². The van der Waals surface area contributed by atoms with E-state index in [0.29, 0.717) is 12.3 Å². The lowest BCUT2D eigenvalue weighted by Crippen LogP contribution is -2.05. The monoisotopic (exact) mass is 195 g/mol. The van der Waals surface area contributed by atoms with Crippen LogP contribution >= 0.6 is 0 Å². The maximum atomic E-state index is 9.70. The molecule has 0 aliphatic heterocycles. The fourth-order valence-electron chi connectivity index (χ4n) is 1.66. The fraction of sp³-hybridized carbons (Fsp3) is 0.455. The van der Waals surface area contributed by atoms with Gasteiger partial charge >= 0.3 is 0 Å². The Labute approximate surface area is 84.5 Å². The molecule has 0 saturated heterocycles. The molecule has 0 aromatic heterocycles. The summed E-state index contributed by atoms with van der Waals surface area (Å²) in [6.07, 6.45) is 0.769. The van der Waals surface area contributed by atoms with Gasteiger partial charge in [-0.3, -0.25) is 0 Å². The summed E-state index contributed by atoms with van der Waals surface area (Å²) in [5, 5.41) is 9.70. The van der Waals surface area contributed by atoms with Gasteiger partial charge in [-0.25, -0.2) is 0 Å². The molecule has 0 aliphatic rings. The maximum absolute atomic E-state index is 9.70. The highest BCUT2D eigenvalue weighted by Gasteiger charge is 2.12. The molecule has 3 heteroatoms. The molecule has 1 aromatic rings. The van der Waals surface area contributed by atoms with Crippen molar-refractivity contribution < 1.29 is 9.84 Å². The van der Waals surface area contributed by atoms with Gasteiger partial charge in [0.2, 0.25) is 0 Å². The van der Waals surface area contributed by atoms with Crippen molar-refractivity contribution in [2.45, 2.75) is 20.3 Å². The molecule has 78 valence electrons. The number of methoxy groups -OCH3 is 1. The average Bonchev–Trinajstić information content (AvgIpc) is 2.16. The molecule has 3 N–H and O–H groups in total. The average molecular weight is 195 g/mol. The Morgan fingerprint density at radius 2 is 2.07 bits per heavy atom. The predicted molar refractivity (Wildman–Crippen MR) is 56.9 cm³/mol. The molecular formula is C11H17NO2. The number of hydrogen-bond donors (Lipinski definition) is 2. The third-order valence-corrected chi connectivity index (χ3v) is 2.37. The predicted octanol–water partition coefficient (Wildman–Crippen LogP) is 1.52. The molecule has 0 aliphatic carbocycles. The molecule has 0 heterocycles. The number of aromatic hydroxyl groups is 1. The molecule has 1 aromatic carbocycles. The quantitative estimate of drug-likeness (QED) is 0.768. The first kappa shape index (κ1) is 10.9. The minimum atomic E-state index is 0.308. The normalized spacial score (nSPS) is 10.3. The van der Waals surface area contributed by atoms with E-state index in [1.54, 1.807) is 7.11 Å². The van der Waals surface area contributed by atoms with Crippen LogP contribution in [0.1, 0.15) is 16.7 Å². The van der Waals surface area contributed by atoms with Crippen LogP contribution in [-0.4, -0.2) is 18.8 Å². The first-order chi connectivity index (χ1) is 6.61. The van der Waals surface area contributed by atoms with Crippen molar-refractivity contribution in [2.24, 2.45) is 5.73 Å². The Morgan fingerprint density at radius 3 is 2.57 bits per heavy atom. The second-order valence-electron chi connectivity index (χ2n) is 3.40. The number of ether oxygens (including phenoxy) is 1. The van der Waals surface area contributed by atoms with Gasteiger partial charge in [0.25, 0.3) is 0 Å². The van der Waals surface area contributed by atoms with Crippen LogP contribution in [0.2, 0.25) is 0 Å². The number of aryl methyl sites for hydroxylation is 1. The molecule has 0 unspecified atom stereocenters. The molecule has 0 radical (unpaired) electrons. The van der Waals surface area contributed by atoms with Crippen molar-refractivity contribution >= 4 is 0 Å². The first-order valence-corrected chi connectivity index (χ1v) is 4.68. The van der Waals surface area contributed by atoms with E-state index in [2.05, 4.69) is 0 Å². The minimum absolute atomic E-state index is 0.308. The van der Waals surface area contributed by atoms with E-state index in [4.69, 9.17) is 10.5 Å². The van der Waals surface area contributed by atoms with Gasteiger partial charge in [0.15, 0.2) is 0 Å². The number of phenols is 1. The van der Waals surface area contributed by atoms with Crippen LogP contribution in [0.5, 0.6) is 11.5 Å². The summed E-state index contributed by atoms with van der Waals surface area (Å²) in [7, 11) is 1.61. The zero-order chi connectivity index (χ0) is 10.7. The van der Waals surface area contributed by atoms with Crippen LogP contribution in [0, 0.1) is 13.8 Å². The van der Waals surface area contributed by atoms with Gasteiger partial charge in [-0.15, -0.1) is 0 Å². The number of rotatable bonds is 3. The van der Waals surface area contributed by atoms with Gasteiger partial charge in [-0.1, -0.05) is 0 Å². The smallest absolute Gasteiger partial charge is 0.128 e. The Balaban J connectivity index is 3.28. The Hall–Kier alpha value is -1.22. The van der Waals surface area contributed by atoms with Gasteiger partial charge in [0.05, 0.1) is 7.11 Å². The van der Waals surface area contributed by atoms with Crippen LogP contribution < -0.4 is 10.5 Å². The summed E-state index contributed by atoms with van der Waals surface area (Å²) in [5.41, 5.74) is 8.22. The molecular weight excluding hydrogens is 178 g/mol. The van der Waals surface area contributed by atoms with Crippen LogP contribution in [0.15, 0.2) is 6.07 Å². The van der Waals surface area contributed by atoms with Gasteiger partial charge in [-0.05, 0) is 44.0 Å². The van der Waals surface area contributed by atoms with E-state index in [0.717, 1.165) is 28.9 Å².